The van der Waals surface area contributed by atoms with Crippen molar-refractivity contribution in [1.29, 1.82) is 0 Å². The molecule has 0 atom stereocenters. The molecule has 1 rings (SSSR count). The molecule has 0 unspecified atom stereocenters. The lowest BCUT2D eigenvalue weighted by Crippen LogP contribution is -2.27. The fraction of sp³-hybridized carbons (Fsp3) is 0.500. The maximum atomic E-state index is 11.0. The predicted octanol–water partition coefficient (Wildman–Crippen LogP) is 1.23. The molecule has 1 heterocycles. The Balaban J connectivity index is 2.30. The van der Waals surface area contributed by atoms with Crippen LogP contribution in [0.15, 0.2) is 17.5 Å². The molecule has 0 spiro atoms. The summed E-state index contributed by atoms with van der Waals surface area (Å²) < 4.78 is 24.6. The Kier molecular flexibility index (Phi) is 3.90. The van der Waals surface area contributed by atoms with E-state index in [9.17, 15) is 8.42 Å². The minimum Gasteiger partial charge on any atom is -0.215 e. The summed E-state index contributed by atoms with van der Waals surface area (Å²) in [6.45, 7) is 2.13. The second-order valence-corrected chi connectivity index (χ2v) is 5.75. The molecule has 0 aliphatic heterocycles. The molecule has 0 amide bonds. The average molecular weight is 219 g/mol. The van der Waals surface area contributed by atoms with Gasteiger partial charge in [-0.25, -0.2) is 13.1 Å². The quantitative estimate of drug-likeness (QED) is 0.809. The Bertz CT molecular complexity index is 329. The van der Waals surface area contributed by atoms with E-state index in [1.807, 2.05) is 17.5 Å². The lowest BCUT2D eigenvalue weighted by molar-refractivity contribution is 0.583. The third kappa shape index (κ3) is 3.89. The topological polar surface area (TPSA) is 46.2 Å². The maximum Gasteiger partial charge on any atom is 0.211 e. The van der Waals surface area contributed by atoms with Crippen LogP contribution in [0.4, 0.5) is 0 Å². The van der Waals surface area contributed by atoms with Gasteiger partial charge >= 0.3 is 0 Å². The second kappa shape index (κ2) is 4.74. The van der Waals surface area contributed by atoms with Gasteiger partial charge in [0.2, 0.25) is 10.0 Å². The zero-order valence-electron chi connectivity index (χ0n) is 7.49. The molecule has 0 aliphatic rings. The summed E-state index contributed by atoms with van der Waals surface area (Å²) in [7, 11) is -3.02. The first-order valence-electron chi connectivity index (χ1n) is 4.14. The minimum atomic E-state index is -3.02. The summed E-state index contributed by atoms with van der Waals surface area (Å²) in [6, 6.07) is 3.97. The number of hydrogen-bond acceptors (Lipinski definition) is 3. The van der Waals surface area contributed by atoms with Crippen molar-refractivity contribution in [1.82, 2.24) is 4.72 Å². The minimum absolute atomic E-state index is 0.150. The van der Waals surface area contributed by atoms with E-state index in [4.69, 9.17) is 0 Å². The van der Waals surface area contributed by atoms with E-state index in [0.717, 1.165) is 6.42 Å². The van der Waals surface area contributed by atoms with Gasteiger partial charge in [0.1, 0.15) is 0 Å². The molecule has 0 saturated heterocycles. The third-order valence-corrected chi connectivity index (χ3v) is 3.99. The molecular formula is C8H13NO2S2. The van der Waals surface area contributed by atoms with Crippen molar-refractivity contribution in [2.24, 2.45) is 0 Å². The van der Waals surface area contributed by atoms with Crippen molar-refractivity contribution in [3.8, 4) is 0 Å². The van der Waals surface area contributed by atoms with E-state index in [1.165, 1.54) is 4.88 Å². The SMILES string of the molecule is CCS(=O)(=O)NCCc1cccs1. The predicted molar refractivity (Wildman–Crippen MR) is 55.5 cm³/mol. The molecule has 0 radical (unpaired) electrons. The van der Waals surface area contributed by atoms with Gasteiger partial charge in [0, 0.05) is 11.4 Å². The van der Waals surface area contributed by atoms with E-state index in [-0.39, 0.29) is 5.75 Å². The highest BCUT2D eigenvalue weighted by molar-refractivity contribution is 7.89. The van der Waals surface area contributed by atoms with Crippen molar-refractivity contribution >= 4 is 21.4 Å². The highest BCUT2D eigenvalue weighted by Gasteiger charge is 2.04. The van der Waals surface area contributed by atoms with Crippen LogP contribution in [0.1, 0.15) is 11.8 Å². The van der Waals surface area contributed by atoms with Crippen LogP contribution in [0, 0.1) is 0 Å². The molecule has 1 N–H and O–H groups in total. The molecular weight excluding hydrogens is 206 g/mol. The Hall–Kier alpha value is -0.390. The van der Waals surface area contributed by atoms with Crippen LogP contribution in [-0.2, 0) is 16.4 Å². The standard InChI is InChI=1S/C8H13NO2S2/c1-2-13(10,11)9-6-5-8-4-3-7-12-8/h3-4,7,9H,2,5-6H2,1H3. The number of hydrogen-bond donors (Lipinski definition) is 1. The Morgan fingerprint density at radius 3 is 2.85 bits per heavy atom. The summed E-state index contributed by atoms with van der Waals surface area (Å²) in [5.41, 5.74) is 0. The monoisotopic (exact) mass is 219 g/mol. The van der Waals surface area contributed by atoms with Gasteiger partial charge in [0.25, 0.3) is 0 Å². The van der Waals surface area contributed by atoms with E-state index >= 15 is 0 Å². The molecule has 0 bridgehead atoms. The number of sulfonamides is 1. The number of rotatable bonds is 5. The normalized spacial score (nSPS) is 11.8. The molecule has 0 aliphatic carbocycles. The molecule has 0 saturated carbocycles. The fourth-order valence-electron chi connectivity index (χ4n) is 0.887. The molecule has 1 aromatic heterocycles. The van der Waals surface area contributed by atoms with E-state index in [1.54, 1.807) is 18.3 Å². The molecule has 13 heavy (non-hydrogen) atoms. The first kappa shape index (κ1) is 10.7. The van der Waals surface area contributed by atoms with Gasteiger partial charge in [-0.1, -0.05) is 6.07 Å². The smallest absolute Gasteiger partial charge is 0.211 e. The van der Waals surface area contributed by atoms with Crippen LogP contribution in [0.3, 0.4) is 0 Å². The van der Waals surface area contributed by atoms with Gasteiger partial charge in [-0.3, -0.25) is 0 Å². The number of nitrogens with one attached hydrogen (secondary N) is 1. The van der Waals surface area contributed by atoms with Crippen molar-refractivity contribution in [3.05, 3.63) is 22.4 Å². The van der Waals surface area contributed by atoms with Gasteiger partial charge in [-0.15, -0.1) is 11.3 Å². The summed E-state index contributed by atoms with van der Waals surface area (Å²) in [5.74, 6) is 0.150. The van der Waals surface area contributed by atoms with E-state index < -0.39 is 10.0 Å². The molecule has 0 fully saturated rings. The second-order valence-electron chi connectivity index (χ2n) is 2.63. The lowest BCUT2D eigenvalue weighted by atomic mass is 10.3. The van der Waals surface area contributed by atoms with Gasteiger partial charge in [0.15, 0.2) is 0 Å². The summed E-state index contributed by atoms with van der Waals surface area (Å²) in [4.78, 5) is 1.21. The van der Waals surface area contributed by atoms with Gasteiger partial charge in [-0.2, -0.15) is 0 Å². The Labute approximate surface area is 82.8 Å². The Morgan fingerprint density at radius 1 is 1.54 bits per heavy atom. The average Bonchev–Trinajstić information content (AvgIpc) is 2.57. The van der Waals surface area contributed by atoms with E-state index in [0.29, 0.717) is 6.54 Å². The molecule has 5 heteroatoms. The first-order chi connectivity index (χ1) is 6.14. The first-order valence-corrected chi connectivity index (χ1v) is 6.67. The van der Waals surface area contributed by atoms with Crippen molar-refractivity contribution in [2.45, 2.75) is 13.3 Å². The van der Waals surface area contributed by atoms with Crippen molar-refractivity contribution < 1.29 is 8.42 Å². The maximum absolute atomic E-state index is 11.0. The van der Waals surface area contributed by atoms with Crippen LogP contribution in [0.25, 0.3) is 0 Å². The van der Waals surface area contributed by atoms with Gasteiger partial charge in [-0.05, 0) is 24.8 Å². The summed E-state index contributed by atoms with van der Waals surface area (Å²) in [5, 5.41) is 1.99. The van der Waals surface area contributed by atoms with Crippen LogP contribution in [-0.4, -0.2) is 20.7 Å². The van der Waals surface area contributed by atoms with Crippen LogP contribution < -0.4 is 4.72 Å². The molecule has 3 nitrogen and oxygen atoms in total. The van der Waals surface area contributed by atoms with E-state index in [2.05, 4.69) is 4.72 Å². The zero-order chi connectivity index (χ0) is 9.73. The molecule has 1 aromatic rings. The zero-order valence-corrected chi connectivity index (χ0v) is 9.12. The van der Waals surface area contributed by atoms with Gasteiger partial charge < -0.3 is 0 Å². The molecule has 74 valence electrons. The number of thiophene rings is 1. The summed E-state index contributed by atoms with van der Waals surface area (Å²) in [6.07, 6.45) is 0.775. The highest BCUT2D eigenvalue weighted by Crippen LogP contribution is 2.08. The highest BCUT2D eigenvalue weighted by atomic mass is 32.2. The van der Waals surface area contributed by atoms with Crippen molar-refractivity contribution in [2.75, 3.05) is 12.3 Å². The lowest BCUT2D eigenvalue weighted by Gasteiger charge is -2.02. The van der Waals surface area contributed by atoms with Crippen LogP contribution in [0.2, 0.25) is 0 Å². The van der Waals surface area contributed by atoms with Crippen LogP contribution >= 0.6 is 11.3 Å². The fourth-order valence-corrected chi connectivity index (χ4v) is 2.21. The largest absolute Gasteiger partial charge is 0.215 e. The Morgan fingerprint density at radius 2 is 2.31 bits per heavy atom. The van der Waals surface area contributed by atoms with Gasteiger partial charge in [0.05, 0.1) is 5.75 Å². The third-order valence-electron chi connectivity index (χ3n) is 1.65. The molecule has 0 aromatic carbocycles. The van der Waals surface area contributed by atoms with Crippen molar-refractivity contribution in [3.63, 3.8) is 0 Å². The van der Waals surface area contributed by atoms with Crippen LogP contribution in [0.5, 0.6) is 0 Å². The summed E-state index contributed by atoms with van der Waals surface area (Å²) >= 11 is 1.65.